The highest BCUT2D eigenvalue weighted by molar-refractivity contribution is 5.89. The van der Waals surface area contributed by atoms with Crippen LogP contribution in [-0.2, 0) is 23.9 Å². The van der Waals surface area contributed by atoms with E-state index in [2.05, 4.69) is 4.99 Å². The number of aliphatic imine (C=N–C) groups is 1. The molecule has 3 aromatic carbocycles. The van der Waals surface area contributed by atoms with E-state index in [1.165, 1.54) is 36.6 Å². The van der Waals surface area contributed by atoms with Crippen LogP contribution in [0.1, 0.15) is 23.1 Å². The number of fused-ring (bicyclic) bond motifs is 2. The van der Waals surface area contributed by atoms with Gasteiger partial charge in [-0.2, -0.15) is 9.90 Å². The Labute approximate surface area is 307 Å². The maximum atomic E-state index is 13.4. The third kappa shape index (κ3) is 7.03. The summed E-state index contributed by atoms with van der Waals surface area (Å²) in [6.45, 7) is 2.34. The molecular weight excluding hydrogens is 704 g/mol. The second-order valence-corrected chi connectivity index (χ2v) is 13.4. The first-order valence-electron chi connectivity index (χ1n) is 17.0. The van der Waals surface area contributed by atoms with Crippen LogP contribution in [0.2, 0.25) is 0 Å². The number of aliphatic hydroxyl groups excluding tert-OH is 2. The number of ether oxygens (including phenoxy) is 3. The largest absolute Gasteiger partial charge is 0.550 e. The van der Waals surface area contributed by atoms with Crippen LogP contribution in [-0.4, -0.2) is 88.5 Å². The molecule has 0 bridgehead atoms. The molecule has 0 amide bonds. The van der Waals surface area contributed by atoms with E-state index in [9.17, 15) is 39.9 Å². The topological polar surface area (TPSA) is 222 Å². The van der Waals surface area contributed by atoms with E-state index in [1.807, 2.05) is 38.1 Å². The van der Waals surface area contributed by atoms with Gasteiger partial charge in [-0.15, -0.1) is 0 Å². The van der Waals surface area contributed by atoms with Gasteiger partial charge in [-0.1, -0.05) is 29.3 Å². The maximum Gasteiger partial charge on any atom is 0.311 e. The number of aliphatic hydroxyl groups is 3. The van der Waals surface area contributed by atoms with Gasteiger partial charge in [0.25, 0.3) is 0 Å². The quantitative estimate of drug-likeness (QED) is 0.103. The van der Waals surface area contributed by atoms with Crippen LogP contribution in [0, 0.1) is 13.8 Å². The Morgan fingerprint density at radius 1 is 1.06 bits per heavy atom. The van der Waals surface area contributed by atoms with E-state index >= 15 is 0 Å². The van der Waals surface area contributed by atoms with Crippen molar-refractivity contribution in [1.82, 2.24) is 0 Å². The summed E-state index contributed by atoms with van der Waals surface area (Å²) in [6, 6.07) is 16.3. The Morgan fingerprint density at radius 3 is 2.50 bits per heavy atom. The molecule has 4 heterocycles. The number of benzene rings is 3. The predicted octanol–water partition coefficient (Wildman–Crippen LogP) is 0.232. The summed E-state index contributed by atoms with van der Waals surface area (Å²) in [4.78, 5) is 47.5. The van der Waals surface area contributed by atoms with Crippen molar-refractivity contribution in [2.45, 2.75) is 50.5 Å². The molecule has 1 saturated heterocycles. The van der Waals surface area contributed by atoms with Crippen LogP contribution in [0.5, 0.6) is 11.5 Å². The molecule has 7 rings (SSSR count). The smallest absolute Gasteiger partial charge is 0.311 e. The number of phenolic OH excluding ortho intramolecular Hbond substituents is 1. The third-order valence-corrected chi connectivity index (χ3v) is 9.47. The number of phenols is 1. The Hall–Kier alpha value is -5.68. The van der Waals surface area contributed by atoms with Crippen molar-refractivity contribution in [3.63, 3.8) is 0 Å². The van der Waals surface area contributed by atoms with Gasteiger partial charge >= 0.3 is 5.97 Å². The minimum atomic E-state index is -2.50. The average molecular weight is 741 g/mol. The Morgan fingerprint density at radius 2 is 1.80 bits per heavy atom. The molecule has 0 radical (unpaired) electrons. The number of carbonyl (C=O) groups excluding carboxylic acids is 2. The summed E-state index contributed by atoms with van der Waals surface area (Å²) >= 11 is 0. The fourth-order valence-electron chi connectivity index (χ4n) is 6.90. The predicted molar refractivity (Wildman–Crippen MR) is 188 cm³/mol. The second-order valence-electron chi connectivity index (χ2n) is 13.4. The van der Waals surface area contributed by atoms with E-state index < -0.39 is 61.8 Å². The summed E-state index contributed by atoms with van der Waals surface area (Å²) in [5.41, 5.74) is 2.93. The molecule has 3 aliphatic rings. The van der Waals surface area contributed by atoms with E-state index in [4.69, 9.17) is 23.5 Å². The number of aliphatic carboxylic acids is 1. The van der Waals surface area contributed by atoms with Gasteiger partial charge in [0, 0.05) is 23.4 Å². The second kappa shape index (κ2) is 14.6. The molecule has 6 atom stereocenters. The van der Waals surface area contributed by atoms with Crippen molar-refractivity contribution in [3.8, 4) is 22.6 Å². The SMILES string of the molecule is Cc1cc(C)cc(C2=C3N=CC=C3C[NH+]2O[C@H]2[C@@H](Oc3ccc4c(=O)c(-c5ccc(O)cc5)coc4c3)O[C@@H](COC(=O)CC(=O)[O-])[C@H](O)[C@]2(O)CO)c1. The lowest BCUT2D eigenvalue weighted by atomic mass is 9.84. The molecule has 5 N–H and O–H groups in total. The highest BCUT2D eigenvalue weighted by Gasteiger charge is 2.60. The number of nitrogens with one attached hydrogen (secondary N) is 1. The molecule has 1 fully saturated rings. The van der Waals surface area contributed by atoms with Gasteiger partial charge in [0.1, 0.15) is 54.4 Å². The van der Waals surface area contributed by atoms with Crippen molar-refractivity contribution in [2.75, 3.05) is 19.8 Å². The van der Waals surface area contributed by atoms with Crippen LogP contribution < -0.4 is 20.3 Å². The van der Waals surface area contributed by atoms with Crippen LogP contribution in [0.15, 0.2) is 98.5 Å². The number of aromatic hydroxyl groups is 1. The number of quaternary nitrogens is 1. The fourth-order valence-corrected chi connectivity index (χ4v) is 6.90. The lowest BCUT2D eigenvalue weighted by Crippen LogP contribution is -3.09. The van der Waals surface area contributed by atoms with Crippen LogP contribution in [0.3, 0.4) is 0 Å². The standard InChI is InChI=1S/C39H36N2O13/c1-20-11-21(2)13-24(12-20)34-33-23(9-10-40-33)16-41(34)54-37-38(53-30(36(48)39(37,49)19-42)18-51-32(46)15-31(44)45)52-26-7-8-27-29(14-26)50-17-28(35(27)47)22-3-5-25(43)6-4-22/h3-14,17,30,36-38,42-43,48-49H,15-16,18-19H2,1-2H3,(H,44,45)/t30-,36-,37-,38-,39+/m0/s1. The van der Waals surface area contributed by atoms with Crippen LogP contribution >= 0.6 is 0 Å². The highest BCUT2D eigenvalue weighted by Crippen LogP contribution is 2.36. The highest BCUT2D eigenvalue weighted by atomic mass is 16.8. The zero-order valence-electron chi connectivity index (χ0n) is 29.1. The van der Waals surface area contributed by atoms with Crippen molar-refractivity contribution >= 4 is 34.8 Å². The lowest BCUT2D eigenvalue weighted by Gasteiger charge is -2.47. The molecule has 280 valence electrons. The first-order chi connectivity index (χ1) is 25.8. The number of hydrogen-bond acceptors (Lipinski definition) is 14. The molecule has 1 unspecified atom stereocenters. The van der Waals surface area contributed by atoms with Crippen molar-refractivity contribution in [2.24, 2.45) is 4.99 Å². The zero-order valence-corrected chi connectivity index (χ0v) is 29.1. The molecule has 54 heavy (non-hydrogen) atoms. The van der Waals surface area contributed by atoms with Gasteiger partial charge in [-0.25, -0.2) is 4.99 Å². The number of carboxylic acid groups (broad SMARTS) is 1. The molecule has 3 aliphatic heterocycles. The number of rotatable bonds is 11. The van der Waals surface area contributed by atoms with Crippen LogP contribution in [0.25, 0.3) is 27.8 Å². The number of hydroxylamine groups is 2. The number of hydrogen-bond donors (Lipinski definition) is 5. The summed E-state index contributed by atoms with van der Waals surface area (Å²) in [6.07, 6.45) is -3.02. The molecule has 0 saturated carbocycles. The van der Waals surface area contributed by atoms with Crippen molar-refractivity contribution in [3.05, 3.63) is 111 Å². The van der Waals surface area contributed by atoms with Gasteiger partial charge in [-0.3, -0.25) is 9.59 Å². The van der Waals surface area contributed by atoms with Gasteiger partial charge in [0.05, 0.1) is 29.9 Å². The van der Waals surface area contributed by atoms with Gasteiger partial charge in [0.15, 0.2) is 16.7 Å². The van der Waals surface area contributed by atoms with Gasteiger partial charge in [0.2, 0.25) is 12.4 Å². The average Bonchev–Trinajstić information content (AvgIpc) is 3.72. The van der Waals surface area contributed by atoms with Gasteiger partial charge < -0.3 is 49.0 Å². The van der Waals surface area contributed by atoms with Crippen molar-refractivity contribution in [1.29, 1.82) is 0 Å². The van der Waals surface area contributed by atoms with E-state index in [-0.39, 0.29) is 40.0 Å². The number of carboxylic acids is 1. The molecule has 1 aromatic heterocycles. The Balaban J connectivity index is 1.24. The minimum absolute atomic E-state index is 0.0365. The number of nitrogens with zero attached hydrogens (tertiary/aromatic N) is 1. The minimum Gasteiger partial charge on any atom is -0.550 e. The first-order valence-corrected chi connectivity index (χ1v) is 17.0. The molecule has 15 heteroatoms. The Bertz CT molecular complexity index is 2260. The molecule has 4 aromatic rings. The van der Waals surface area contributed by atoms with Crippen molar-refractivity contribution < 1.29 is 63.7 Å². The zero-order chi connectivity index (χ0) is 38.3. The number of carbonyl (C=O) groups is 2. The lowest BCUT2D eigenvalue weighted by molar-refractivity contribution is -1.04. The summed E-state index contributed by atoms with van der Waals surface area (Å²) in [7, 11) is 0. The fraction of sp³-hybridized carbons (Fsp3) is 0.282. The molecule has 0 spiro atoms. The maximum absolute atomic E-state index is 13.4. The van der Waals surface area contributed by atoms with Gasteiger partial charge in [-0.05, 0) is 61.9 Å². The first kappa shape index (κ1) is 36.7. The van der Waals surface area contributed by atoms with Crippen LogP contribution in [0.4, 0.5) is 0 Å². The number of esters is 1. The normalized spacial score (nSPS) is 24.8. The van der Waals surface area contributed by atoms with E-state index in [1.54, 1.807) is 18.3 Å². The Kier molecular flexibility index (Phi) is 9.93. The third-order valence-electron chi connectivity index (χ3n) is 9.47. The summed E-state index contributed by atoms with van der Waals surface area (Å²) in [5, 5.41) is 55.3. The number of aryl methyl sites for hydroxylation is 2. The number of allylic oxidation sites excluding steroid dienone is 1. The molecule has 0 aliphatic carbocycles. The van der Waals surface area contributed by atoms with E-state index in [0.717, 1.165) is 22.3 Å². The molecule has 15 nitrogen and oxygen atoms in total. The summed E-state index contributed by atoms with van der Waals surface area (Å²) < 4.78 is 23.1. The molecular formula is C39H36N2O13. The summed E-state index contributed by atoms with van der Waals surface area (Å²) in [5.74, 6) is -2.76. The monoisotopic (exact) mass is 740 g/mol. The van der Waals surface area contributed by atoms with E-state index in [0.29, 0.717) is 22.0 Å².